The van der Waals surface area contributed by atoms with E-state index in [2.05, 4.69) is 15.9 Å². The lowest BCUT2D eigenvalue weighted by Gasteiger charge is -2.17. The van der Waals surface area contributed by atoms with Gasteiger partial charge >= 0.3 is 0 Å². The third-order valence-corrected chi connectivity index (χ3v) is 4.13. The summed E-state index contributed by atoms with van der Waals surface area (Å²) in [4.78, 5) is 14.1. The normalized spacial score (nSPS) is 16.2. The van der Waals surface area contributed by atoms with Gasteiger partial charge in [-0.25, -0.2) is 0 Å². The molecule has 0 bridgehead atoms. The van der Waals surface area contributed by atoms with E-state index in [9.17, 15) is 4.79 Å². The molecule has 1 heterocycles. The molecule has 0 saturated carbocycles. The lowest BCUT2D eigenvalue weighted by molar-refractivity contribution is -0.125. The monoisotopic (exact) mass is 337 g/mol. The van der Waals surface area contributed by atoms with Crippen LogP contribution in [0.4, 0.5) is 0 Å². The summed E-state index contributed by atoms with van der Waals surface area (Å²) in [6.07, 6.45) is 8.23. The van der Waals surface area contributed by atoms with Crippen LogP contribution >= 0.6 is 15.9 Å². The van der Waals surface area contributed by atoms with Gasteiger partial charge in [0.15, 0.2) is 0 Å². The van der Waals surface area contributed by atoms with Crippen LogP contribution in [0.5, 0.6) is 5.75 Å². The Hall–Kier alpha value is -1.29. The number of hydrogen-bond donors (Lipinski definition) is 0. The van der Waals surface area contributed by atoms with Gasteiger partial charge in [-0.1, -0.05) is 18.9 Å². The number of rotatable bonds is 3. The predicted octanol–water partition coefficient (Wildman–Crippen LogP) is 3.87. The Bertz CT molecular complexity index is 491. The van der Waals surface area contributed by atoms with E-state index < -0.39 is 0 Å². The van der Waals surface area contributed by atoms with Crippen molar-refractivity contribution in [2.24, 2.45) is 0 Å². The van der Waals surface area contributed by atoms with Gasteiger partial charge in [0.25, 0.3) is 0 Å². The van der Waals surface area contributed by atoms with Crippen LogP contribution in [0, 0.1) is 0 Å². The van der Waals surface area contributed by atoms with Crippen LogP contribution < -0.4 is 4.74 Å². The van der Waals surface area contributed by atoms with E-state index in [1.165, 1.54) is 12.8 Å². The van der Waals surface area contributed by atoms with E-state index in [4.69, 9.17) is 4.74 Å². The SMILES string of the molecule is COc1ccc(C=CC(=O)N2CCCCCC2)cc1Br. The first-order valence-corrected chi connectivity index (χ1v) is 7.80. The lowest BCUT2D eigenvalue weighted by Crippen LogP contribution is -2.30. The molecule has 1 aliphatic rings. The maximum Gasteiger partial charge on any atom is 0.246 e. The van der Waals surface area contributed by atoms with Crippen LogP contribution in [0.1, 0.15) is 31.2 Å². The van der Waals surface area contributed by atoms with Gasteiger partial charge in [-0.3, -0.25) is 4.79 Å². The van der Waals surface area contributed by atoms with Gasteiger partial charge in [0, 0.05) is 19.2 Å². The molecule has 1 aromatic rings. The number of amides is 1. The summed E-state index contributed by atoms with van der Waals surface area (Å²) in [5, 5.41) is 0. The Morgan fingerprint density at radius 2 is 1.95 bits per heavy atom. The number of halogens is 1. The van der Waals surface area contributed by atoms with Gasteiger partial charge in [0.05, 0.1) is 11.6 Å². The minimum absolute atomic E-state index is 0.110. The van der Waals surface area contributed by atoms with E-state index in [0.29, 0.717) is 0 Å². The molecule has 0 atom stereocenters. The van der Waals surface area contributed by atoms with Crippen LogP contribution in [0.2, 0.25) is 0 Å². The largest absolute Gasteiger partial charge is 0.496 e. The Kier molecular flexibility index (Phi) is 5.65. The molecule has 4 heteroatoms. The molecule has 3 nitrogen and oxygen atoms in total. The molecule has 0 N–H and O–H groups in total. The van der Waals surface area contributed by atoms with Crippen LogP contribution in [0.3, 0.4) is 0 Å². The number of ether oxygens (including phenoxy) is 1. The highest BCUT2D eigenvalue weighted by molar-refractivity contribution is 9.10. The fourth-order valence-electron chi connectivity index (χ4n) is 2.35. The molecule has 20 heavy (non-hydrogen) atoms. The van der Waals surface area contributed by atoms with Gasteiger partial charge in [0.1, 0.15) is 5.75 Å². The number of benzene rings is 1. The van der Waals surface area contributed by atoms with Gasteiger partial charge in [-0.15, -0.1) is 0 Å². The average Bonchev–Trinajstić information content (AvgIpc) is 2.74. The molecule has 1 aromatic carbocycles. The Balaban J connectivity index is 2.00. The van der Waals surface area contributed by atoms with E-state index in [-0.39, 0.29) is 5.91 Å². The van der Waals surface area contributed by atoms with Gasteiger partial charge < -0.3 is 9.64 Å². The molecule has 1 saturated heterocycles. The Morgan fingerprint density at radius 3 is 2.55 bits per heavy atom. The van der Waals surface area contributed by atoms with Gasteiger partial charge in [-0.2, -0.15) is 0 Å². The maximum atomic E-state index is 12.1. The maximum absolute atomic E-state index is 12.1. The molecule has 1 amide bonds. The molecular formula is C16H20BrNO2. The number of methoxy groups -OCH3 is 1. The smallest absolute Gasteiger partial charge is 0.246 e. The minimum Gasteiger partial charge on any atom is -0.496 e. The van der Waals surface area contributed by atoms with Crippen LogP contribution in [0.25, 0.3) is 6.08 Å². The van der Waals surface area contributed by atoms with E-state index in [0.717, 1.165) is 41.7 Å². The third kappa shape index (κ3) is 4.10. The van der Waals surface area contributed by atoms with Gasteiger partial charge in [0.2, 0.25) is 5.91 Å². The highest BCUT2D eigenvalue weighted by Gasteiger charge is 2.12. The second kappa shape index (κ2) is 7.48. The van der Waals surface area contributed by atoms with Crippen LogP contribution in [0.15, 0.2) is 28.7 Å². The minimum atomic E-state index is 0.110. The van der Waals surface area contributed by atoms with Crippen molar-refractivity contribution >= 4 is 27.9 Å². The second-order valence-electron chi connectivity index (χ2n) is 4.97. The van der Waals surface area contributed by atoms with Crippen molar-refractivity contribution in [1.29, 1.82) is 0 Å². The van der Waals surface area contributed by atoms with E-state index >= 15 is 0 Å². The average molecular weight is 338 g/mol. The fraction of sp³-hybridized carbons (Fsp3) is 0.438. The zero-order valence-electron chi connectivity index (χ0n) is 11.8. The first-order chi connectivity index (χ1) is 9.70. The van der Waals surface area contributed by atoms with Crippen molar-refractivity contribution in [3.05, 3.63) is 34.3 Å². The molecule has 2 rings (SSSR count). The molecule has 0 aromatic heterocycles. The third-order valence-electron chi connectivity index (χ3n) is 3.51. The standard InChI is InChI=1S/C16H20BrNO2/c1-20-15-8-6-13(12-14(15)17)7-9-16(19)18-10-4-2-3-5-11-18/h6-9,12H,2-5,10-11H2,1H3. The topological polar surface area (TPSA) is 29.5 Å². The summed E-state index contributed by atoms with van der Waals surface area (Å²) in [7, 11) is 1.64. The number of hydrogen-bond acceptors (Lipinski definition) is 2. The first kappa shape index (κ1) is 15.1. The summed E-state index contributed by atoms with van der Waals surface area (Å²) in [6, 6.07) is 5.78. The summed E-state index contributed by atoms with van der Waals surface area (Å²) < 4.78 is 6.08. The first-order valence-electron chi connectivity index (χ1n) is 7.01. The summed E-state index contributed by atoms with van der Waals surface area (Å²) in [5.41, 5.74) is 0.987. The van der Waals surface area contributed by atoms with Crippen molar-refractivity contribution in [3.8, 4) is 5.75 Å². The number of carbonyl (C=O) groups excluding carboxylic acids is 1. The molecule has 108 valence electrons. The number of nitrogens with zero attached hydrogens (tertiary/aromatic N) is 1. The zero-order valence-corrected chi connectivity index (χ0v) is 13.4. The van der Waals surface area contributed by atoms with Crippen molar-refractivity contribution in [1.82, 2.24) is 4.90 Å². The molecular weight excluding hydrogens is 318 g/mol. The van der Waals surface area contributed by atoms with E-state index in [1.807, 2.05) is 29.2 Å². The molecule has 0 unspecified atom stereocenters. The van der Waals surface area contributed by atoms with Crippen LogP contribution in [-0.4, -0.2) is 31.0 Å². The van der Waals surface area contributed by atoms with Crippen LogP contribution in [-0.2, 0) is 4.79 Å². The second-order valence-corrected chi connectivity index (χ2v) is 5.82. The molecule has 0 radical (unpaired) electrons. The van der Waals surface area contributed by atoms with Crippen molar-refractivity contribution < 1.29 is 9.53 Å². The highest BCUT2D eigenvalue weighted by Crippen LogP contribution is 2.26. The molecule has 1 fully saturated rings. The van der Waals surface area contributed by atoms with Crippen molar-refractivity contribution in [2.75, 3.05) is 20.2 Å². The zero-order chi connectivity index (χ0) is 14.4. The van der Waals surface area contributed by atoms with Crippen molar-refractivity contribution in [3.63, 3.8) is 0 Å². The number of carbonyl (C=O) groups is 1. The summed E-state index contributed by atoms with van der Waals surface area (Å²) >= 11 is 3.45. The summed E-state index contributed by atoms with van der Waals surface area (Å²) in [5.74, 6) is 0.903. The Labute approximate surface area is 128 Å². The molecule has 1 aliphatic heterocycles. The Morgan fingerprint density at radius 1 is 1.25 bits per heavy atom. The number of likely N-dealkylation sites (tertiary alicyclic amines) is 1. The fourth-order valence-corrected chi connectivity index (χ4v) is 2.91. The predicted molar refractivity (Wildman–Crippen MR) is 84.8 cm³/mol. The highest BCUT2D eigenvalue weighted by atomic mass is 79.9. The quantitative estimate of drug-likeness (QED) is 0.783. The lowest BCUT2D eigenvalue weighted by atomic mass is 10.2. The van der Waals surface area contributed by atoms with E-state index in [1.54, 1.807) is 13.2 Å². The summed E-state index contributed by atoms with van der Waals surface area (Å²) in [6.45, 7) is 1.77. The molecule has 0 spiro atoms. The molecule has 0 aliphatic carbocycles. The van der Waals surface area contributed by atoms with Crippen molar-refractivity contribution in [2.45, 2.75) is 25.7 Å². The van der Waals surface area contributed by atoms with Gasteiger partial charge in [-0.05, 0) is 52.5 Å².